The van der Waals surface area contributed by atoms with Crippen LogP contribution < -0.4 is 5.32 Å². The highest BCUT2D eigenvalue weighted by molar-refractivity contribution is 5.99. The first-order chi connectivity index (χ1) is 12.4. The van der Waals surface area contributed by atoms with E-state index in [4.69, 9.17) is 0 Å². The highest BCUT2D eigenvalue weighted by Gasteiger charge is 2.20. The molecule has 2 aromatic carbocycles. The standard InChI is InChI=1S/C22H28N2O2/c1-16(2)14-23-21(25)19-11-8-12-20(13-19)22(26)24(17(3)4)15-18-9-6-5-7-10-18/h5-13,16-17H,14-15H2,1-4H3,(H,23,25). The SMILES string of the molecule is CC(C)CNC(=O)c1cccc(C(=O)N(Cc2ccccc2)C(C)C)c1. The van der Waals surface area contributed by atoms with Crippen LogP contribution in [0.2, 0.25) is 0 Å². The predicted molar refractivity (Wildman–Crippen MR) is 105 cm³/mol. The lowest BCUT2D eigenvalue weighted by Gasteiger charge is -2.27. The molecule has 0 atom stereocenters. The summed E-state index contributed by atoms with van der Waals surface area (Å²) in [6.07, 6.45) is 0. The van der Waals surface area contributed by atoms with Gasteiger partial charge in [-0.15, -0.1) is 0 Å². The van der Waals surface area contributed by atoms with Gasteiger partial charge in [0.25, 0.3) is 11.8 Å². The van der Waals surface area contributed by atoms with Gasteiger partial charge in [-0.25, -0.2) is 0 Å². The van der Waals surface area contributed by atoms with Crippen molar-refractivity contribution in [3.8, 4) is 0 Å². The second-order valence-electron chi connectivity index (χ2n) is 7.20. The topological polar surface area (TPSA) is 49.4 Å². The van der Waals surface area contributed by atoms with E-state index < -0.39 is 0 Å². The Hall–Kier alpha value is -2.62. The van der Waals surface area contributed by atoms with Crippen molar-refractivity contribution in [2.75, 3.05) is 6.54 Å². The number of rotatable bonds is 7. The van der Waals surface area contributed by atoms with Crippen LogP contribution in [0.1, 0.15) is 54.0 Å². The maximum absolute atomic E-state index is 13.0. The summed E-state index contributed by atoms with van der Waals surface area (Å²) in [5.41, 5.74) is 2.13. The van der Waals surface area contributed by atoms with Crippen molar-refractivity contribution in [1.82, 2.24) is 10.2 Å². The smallest absolute Gasteiger partial charge is 0.254 e. The first-order valence-corrected chi connectivity index (χ1v) is 9.11. The fraction of sp³-hybridized carbons (Fsp3) is 0.364. The first kappa shape index (κ1) is 19.7. The van der Waals surface area contributed by atoms with Crippen LogP contribution in [0.25, 0.3) is 0 Å². The van der Waals surface area contributed by atoms with E-state index in [1.54, 1.807) is 24.3 Å². The van der Waals surface area contributed by atoms with Crippen LogP contribution in [0.4, 0.5) is 0 Å². The second kappa shape index (κ2) is 9.18. The Kier molecular flexibility index (Phi) is 6.96. The maximum atomic E-state index is 13.0. The van der Waals surface area contributed by atoms with Crippen LogP contribution in [0, 0.1) is 5.92 Å². The normalized spacial score (nSPS) is 10.8. The Morgan fingerprint density at radius 1 is 0.923 bits per heavy atom. The van der Waals surface area contributed by atoms with E-state index in [0.717, 1.165) is 5.56 Å². The van der Waals surface area contributed by atoms with Gasteiger partial charge in [0, 0.05) is 30.3 Å². The molecule has 0 fully saturated rings. The third-order valence-corrected chi connectivity index (χ3v) is 4.12. The van der Waals surface area contributed by atoms with Gasteiger partial charge in [-0.05, 0) is 43.5 Å². The summed E-state index contributed by atoms with van der Waals surface area (Å²) < 4.78 is 0. The van der Waals surface area contributed by atoms with E-state index >= 15 is 0 Å². The Labute approximate surface area is 156 Å². The van der Waals surface area contributed by atoms with E-state index in [1.807, 2.05) is 62.9 Å². The molecule has 0 spiro atoms. The largest absolute Gasteiger partial charge is 0.352 e. The Morgan fingerprint density at radius 2 is 1.58 bits per heavy atom. The first-order valence-electron chi connectivity index (χ1n) is 9.11. The number of nitrogens with zero attached hydrogens (tertiary/aromatic N) is 1. The second-order valence-corrected chi connectivity index (χ2v) is 7.20. The molecule has 1 N–H and O–H groups in total. The fourth-order valence-corrected chi connectivity index (χ4v) is 2.63. The third-order valence-electron chi connectivity index (χ3n) is 4.12. The van der Waals surface area contributed by atoms with Crippen molar-refractivity contribution in [2.24, 2.45) is 5.92 Å². The van der Waals surface area contributed by atoms with Gasteiger partial charge in [0.15, 0.2) is 0 Å². The van der Waals surface area contributed by atoms with Crippen molar-refractivity contribution in [1.29, 1.82) is 0 Å². The van der Waals surface area contributed by atoms with Crippen LogP contribution in [0.5, 0.6) is 0 Å². The van der Waals surface area contributed by atoms with Crippen molar-refractivity contribution in [2.45, 2.75) is 40.3 Å². The van der Waals surface area contributed by atoms with Gasteiger partial charge < -0.3 is 10.2 Å². The average molecular weight is 352 g/mol. The van der Waals surface area contributed by atoms with Gasteiger partial charge in [-0.3, -0.25) is 9.59 Å². The molecule has 26 heavy (non-hydrogen) atoms. The van der Waals surface area contributed by atoms with Crippen LogP contribution in [0.3, 0.4) is 0 Å². The van der Waals surface area contributed by atoms with Crippen LogP contribution >= 0.6 is 0 Å². The predicted octanol–water partition coefficient (Wildman–Crippen LogP) is 4.12. The van der Waals surface area contributed by atoms with Gasteiger partial charge >= 0.3 is 0 Å². The average Bonchev–Trinajstić information content (AvgIpc) is 2.64. The number of nitrogens with one attached hydrogen (secondary N) is 1. The molecule has 0 unspecified atom stereocenters. The molecule has 0 aliphatic carbocycles. The van der Waals surface area contributed by atoms with E-state index in [2.05, 4.69) is 5.32 Å². The molecule has 0 aliphatic rings. The minimum Gasteiger partial charge on any atom is -0.352 e. The van der Waals surface area contributed by atoms with E-state index in [1.165, 1.54) is 0 Å². The quantitative estimate of drug-likeness (QED) is 0.815. The summed E-state index contributed by atoms with van der Waals surface area (Å²) in [5.74, 6) is 0.168. The van der Waals surface area contributed by atoms with Crippen LogP contribution in [0.15, 0.2) is 54.6 Å². The van der Waals surface area contributed by atoms with Gasteiger partial charge in [0.1, 0.15) is 0 Å². The van der Waals surface area contributed by atoms with Crippen LogP contribution in [-0.4, -0.2) is 29.3 Å². The van der Waals surface area contributed by atoms with Crippen molar-refractivity contribution in [3.63, 3.8) is 0 Å². The van der Waals surface area contributed by atoms with E-state index in [9.17, 15) is 9.59 Å². The zero-order chi connectivity index (χ0) is 19.1. The summed E-state index contributed by atoms with van der Waals surface area (Å²) in [7, 11) is 0. The van der Waals surface area contributed by atoms with Crippen molar-refractivity contribution < 1.29 is 9.59 Å². The Morgan fingerprint density at radius 3 is 2.19 bits per heavy atom. The zero-order valence-corrected chi connectivity index (χ0v) is 16.0. The number of benzene rings is 2. The maximum Gasteiger partial charge on any atom is 0.254 e. The lowest BCUT2D eigenvalue weighted by atomic mass is 10.1. The summed E-state index contributed by atoms with van der Waals surface area (Å²) in [6, 6.07) is 16.9. The van der Waals surface area contributed by atoms with Gasteiger partial charge in [-0.2, -0.15) is 0 Å². The zero-order valence-electron chi connectivity index (χ0n) is 16.0. The van der Waals surface area contributed by atoms with Crippen molar-refractivity contribution in [3.05, 3.63) is 71.3 Å². The summed E-state index contributed by atoms with van der Waals surface area (Å²) in [6.45, 7) is 9.25. The number of amides is 2. The lowest BCUT2D eigenvalue weighted by molar-refractivity contribution is 0.0690. The molecule has 0 aromatic heterocycles. The van der Waals surface area contributed by atoms with Gasteiger partial charge in [0.05, 0.1) is 0 Å². The fourth-order valence-electron chi connectivity index (χ4n) is 2.63. The molecule has 2 rings (SSSR count). The van der Waals surface area contributed by atoms with Gasteiger partial charge in [0.2, 0.25) is 0 Å². The summed E-state index contributed by atoms with van der Waals surface area (Å²) >= 11 is 0. The molecule has 0 saturated carbocycles. The minimum absolute atomic E-state index is 0.0566. The van der Waals surface area contributed by atoms with Crippen molar-refractivity contribution >= 4 is 11.8 Å². The molecule has 0 bridgehead atoms. The molecular formula is C22H28N2O2. The molecule has 4 heteroatoms. The molecule has 2 amide bonds. The highest BCUT2D eigenvalue weighted by Crippen LogP contribution is 2.15. The summed E-state index contributed by atoms with van der Waals surface area (Å²) in [4.78, 5) is 27.1. The Balaban J connectivity index is 2.18. The number of carbonyl (C=O) groups is 2. The third kappa shape index (κ3) is 5.45. The molecule has 0 aliphatic heterocycles. The molecule has 4 nitrogen and oxygen atoms in total. The number of carbonyl (C=O) groups excluding carboxylic acids is 2. The van der Waals surface area contributed by atoms with E-state index in [0.29, 0.717) is 30.1 Å². The minimum atomic E-state index is -0.146. The number of hydrogen-bond acceptors (Lipinski definition) is 2. The molecule has 0 saturated heterocycles. The number of hydrogen-bond donors (Lipinski definition) is 1. The van der Waals surface area contributed by atoms with Crippen LogP contribution in [-0.2, 0) is 6.54 Å². The monoisotopic (exact) mass is 352 g/mol. The molecule has 138 valence electrons. The highest BCUT2D eigenvalue weighted by atomic mass is 16.2. The Bertz CT molecular complexity index is 739. The molecule has 0 heterocycles. The molecular weight excluding hydrogens is 324 g/mol. The lowest BCUT2D eigenvalue weighted by Crippen LogP contribution is -2.36. The van der Waals surface area contributed by atoms with Gasteiger partial charge in [-0.1, -0.05) is 50.2 Å². The summed E-state index contributed by atoms with van der Waals surface area (Å²) in [5, 5.41) is 2.89. The molecule has 0 radical (unpaired) electrons. The molecule has 2 aromatic rings. The van der Waals surface area contributed by atoms with E-state index in [-0.39, 0.29) is 17.9 Å².